The van der Waals surface area contributed by atoms with Crippen LogP contribution in [0.1, 0.15) is 11.1 Å². The van der Waals surface area contributed by atoms with Gasteiger partial charge < -0.3 is 14.8 Å². The molecule has 0 aliphatic carbocycles. The zero-order chi connectivity index (χ0) is 17.5. The molecule has 0 saturated carbocycles. The molecule has 0 aliphatic rings. The molecule has 2 aromatic rings. The number of ether oxygens (including phenoxy) is 2. The van der Waals surface area contributed by atoms with E-state index in [9.17, 15) is 4.79 Å². The Balaban J connectivity index is 1.94. The Morgan fingerprint density at radius 2 is 1.96 bits per heavy atom. The Morgan fingerprint density at radius 3 is 2.58 bits per heavy atom. The Labute approximate surface area is 149 Å². The summed E-state index contributed by atoms with van der Waals surface area (Å²) >= 11 is 11.9. The summed E-state index contributed by atoms with van der Waals surface area (Å²) in [6.45, 7) is 0.132. The van der Waals surface area contributed by atoms with E-state index in [4.69, 9.17) is 37.9 Å². The topological polar surface area (TPSA) is 71.3 Å². The molecule has 0 spiro atoms. The monoisotopic (exact) mass is 364 g/mol. The van der Waals surface area contributed by atoms with Gasteiger partial charge in [0.05, 0.1) is 23.8 Å². The van der Waals surface area contributed by atoms with Crippen LogP contribution in [0.5, 0.6) is 11.5 Å². The van der Waals surface area contributed by atoms with E-state index in [1.165, 1.54) is 19.2 Å². The highest BCUT2D eigenvalue weighted by Crippen LogP contribution is 2.36. The lowest BCUT2D eigenvalue weighted by molar-refractivity contribution is -0.123. The molecular weight excluding hydrogens is 351 g/mol. The van der Waals surface area contributed by atoms with Gasteiger partial charge in [-0.25, -0.2) is 0 Å². The molecule has 1 amide bonds. The maximum atomic E-state index is 11.9. The molecular formula is C17H14Cl2N2O3. The summed E-state index contributed by atoms with van der Waals surface area (Å²) in [5.74, 6) is 0.205. The van der Waals surface area contributed by atoms with Crippen molar-refractivity contribution in [1.82, 2.24) is 5.32 Å². The van der Waals surface area contributed by atoms with Crippen molar-refractivity contribution in [2.24, 2.45) is 0 Å². The highest BCUT2D eigenvalue weighted by Gasteiger charge is 2.13. The van der Waals surface area contributed by atoms with E-state index < -0.39 is 0 Å². The molecule has 0 radical (unpaired) electrons. The van der Waals surface area contributed by atoms with Crippen molar-refractivity contribution in [3.05, 3.63) is 57.6 Å². The highest BCUT2D eigenvalue weighted by molar-refractivity contribution is 6.32. The summed E-state index contributed by atoms with van der Waals surface area (Å²) in [4.78, 5) is 11.9. The molecule has 24 heavy (non-hydrogen) atoms. The molecule has 0 atom stereocenters. The SMILES string of the molecule is COc1cc(C#N)cc(Cl)c1OCC(=O)NCc1ccc(Cl)cc1. The second-order valence-corrected chi connectivity index (χ2v) is 5.64. The molecule has 0 aromatic heterocycles. The second kappa shape index (κ2) is 8.44. The van der Waals surface area contributed by atoms with Gasteiger partial charge >= 0.3 is 0 Å². The number of nitriles is 1. The van der Waals surface area contributed by atoms with Crippen LogP contribution in [0.4, 0.5) is 0 Å². The number of benzene rings is 2. The number of carbonyl (C=O) groups excluding carboxylic acids is 1. The molecule has 2 rings (SSSR count). The van der Waals surface area contributed by atoms with E-state index in [0.29, 0.717) is 22.9 Å². The molecule has 7 heteroatoms. The maximum absolute atomic E-state index is 11.9. The Kier molecular flexibility index (Phi) is 6.30. The summed E-state index contributed by atoms with van der Waals surface area (Å²) in [7, 11) is 1.43. The Hall–Kier alpha value is -2.42. The van der Waals surface area contributed by atoms with Crippen molar-refractivity contribution in [3.63, 3.8) is 0 Å². The highest BCUT2D eigenvalue weighted by atomic mass is 35.5. The Bertz CT molecular complexity index is 771. The number of methoxy groups -OCH3 is 1. The van der Waals surface area contributed by atoms with Gasteiger partial charge in [-0.1, -0.05) is 35.3 Å². The number of rotatable bonds is 6. The lowest BCUT2D eigenvalue weighted by Gasteiger charge is -2.12. The van der Waals surface area contributed by atoms with E-state index >= 15 is 0 Å². The number of nitrogens with one attached hydrogen (secondary N) is 1. The summed E-state index contributed by atoms with van der Waals surface area (Å²) in [5, 5.41) is 12.5. The fourth-order valence-corrected chi connectivity index (χ4v) is 2.31. The summed E-state index contributed by atoms with van der Waals surface area (Å²) in [6.07, 6.45) is 0. The van der Waals surface area contributed by atoms with Crippen molar-refractivity contribution in [1.29, 1.82) is 5.26 Å². The largest absolute Gasteiger partial charge is 0.493 e. The smallest absolute Gasteiger partial charge is 0.258 e. The van der Waals surface area contributed by atoms with Crippen molar-refractivity contribution in [3.8, 4) is 17.6 Å². The molecule has 0 bridgehead atoms. The molecule has 124 valence electrons. The van der Waals surface area contributed by atoms with Crippen LogP contribution in [0.3, 0.4) is 0 Å². The molecule has 2 aromatic carbocycles. The van der Waals surface area contributed by atoms with Crippen LogP contribution in [0.25, 0.3) is 0 Å². The van der Waals surface area contributed by atoms with E-state index in [-0.39, 0.29) is 23.3 Å². The minimum Gasteiger partial charge on any atom is -0.493 e. The minimum absolute atomic E-state index is 0.205. The molecule has 0 unspecified atom stereocenters. The van der Waals surface area contributed by atoms with Gasteiger partial charge in [-0.3, -0.25) is 4.79 Å². The first-order valence-corrected chi connectivity index (χ1v) is 7.70. The van der Waals surface area contributed by atoms with Crippen molar-refractivity contribution < 1.29 is 14.3 Å². The van der Waals surface area contributed by atoms with E-state index in [2.05, 4.69) is 5.32 Å². The third-order valence-electron chi connectivity index (χ3n) is 3.11. The number of hydrogen-bond acceptors (Lipinski definition) is 4. The fourth-order valence-electron chi connectivity index (χ4n) is 1.92. The Morgan fingerprint density at radius 1 is 1.25 bits per heavy atom. The third-order valence-corrected chi connectivity index (χ3v) is 3.64. The average Bonchev–Trinajstić information content (AvgIpc) is 2.59. The van der Waals surface area contributed by atoms with Crippen molar-refractivity contribution in [2.45, 2.75) is 6.54 Å². The van der Waals surface area contributed by atoms with Crippen LogP contribution in [0.2, 0.25) is 10.0 Å². The van der Waals surface area contributed by atoms with E-state index in [1.807, 2.05) is 18.2 Å². The van der Waals surface area contributed by atoms with E-state index in [0.717, 1.165) is 5.56 Å². The molecule has 1 N–H and O–H groups in total. The van der Waals surface area contributed by atoms with Crippen LogP contribution in [0.15, 0.2) is 36.4 Å². The normalized spacial score (nSPS) is 9.92. The summed E-state index contributed by atoms with van der Waals surface area (Å²) in [6, 6.07) is 12.1. The van der Waals surface area contributed by atoms with Gasteiger partial charge in [-0.05, 0) is 23.8 Å². The van der Waals surface area contributed by atoms with Crippen molar-refractivity contribution in [2.75, 3.05) is 13.7 Å². The quantitative estimate of drug-likeness (QED) is 0.850. The van der Waals surface area contributed by atoms with Crippen LogP contribution in [-0.2, 0) is 11.3 Å². The first kappa shape index (κ1) is 17.9. The zero-order valence-corrected chi connectivity index (χ0v) is 14.3. The number of carbonyl (C=O) groups is 1. The number of hydrogen-bond donors (Lipinski definition) is 1. The minimum atomic E-state index is -0.313. The zero-order valence-electron chi connectivity index (χ0n) is 12.8. The van der Waals surface area contributed by atoms with Gasteiger partial charge in [0.25, 0.3) is 5.91 Å². The van der Waals surface area contributed by atoms with Gasteiger partial charge in [-0.15, -0.1) is 0 Å². The standard InChI is InChI=1S/C17H14Cl2N2O3/c1-23-15-7-12(8-20)6-14(19)17(15)24-10-16(22)21-9-11-2-4-13(18)5-3-11/h2-7H,9-10H2,1H3,(H,21,22). The van der Waals surface area contributed by atoms with Gasteiger partial charge in [0.1, 0.15) is 0 Å². The fraction of sp³-hybridized carbons (Fsp3) is 0.176. The van der Waals surface area contributed by atoms with Gasteiger partial charge in [-0.2, -0.15) is 5.26 Å². The first-order chi connectivity index (χ1) is 11.5. The predicted octanol–water partition coefficient (Wildman–Crippen LogP) is 3.57. The molecule has 0 fully saturated rings. The average molecular weight is 365 g/mol. The van der Waals surface area contributed by atoms with Crippen LogP contribution in [0, 0.1) is 11.3 Å². The summed E-state index contributed by atoms with van der Waals surface area (Å²) in [5.41, 5.74) is 1.26. The van der Waals surface area contributed by atoms with Gasteiger partial charge in [0, 0.05) is 17.6 Å². The van der Waals surface area contributed by atoms with Gasteiger partial charge in [0.2, 0.25) is 0 Å². The van der Waals surface area contributed by atoms with E-state index in [1.54, 1.807) is 12.1 Å². The van der Waals surface area contributed by atoms with Gasteiger partial charge in [0.15, 0.2) is 18.1 Å². The molecule has 5 nitrogen and oxygen atoms in total. The lowest BCUT2D eigenvalue weighted by atomic mass is 10.2. The number of nitrogens with zero attached hydrogens (tertiary/aromatic N) is 1. The molecule has 0 saturated heterocycles. The number of amides is 1. The summed E-state index contributed by atoms with van der Waals surface area (Å²) < 4.78 is 10.6. The van der Waals surface area contributed by atoms with Crippen molar-refractivity contribution >= 4 is 29.1 Å². The second-order valence-electron chi connectivity index (χ2n) is 4.79. The lowest BCUT2D eigenvalue weighted by Crippen LogP contribution is -2.28. The van der Waals surface area contributed by atoms with Crippen LogP contribution < -0.4 is 14.8 Å². The maximum Gasteiger partial charge on any atom is 0.258 e. The predicted molar refractivity (Wildman–Crippen MR) is 91.5 cm³/mol. The van der Waals surface area contributed by atoms with Crippen LogP contribution >= 0.6 is 23.2 Å². The van der Waals surface area contributed by atoms with Crippen LogP contribution in [-0.4, -0.2) is 19.6 Å². The number of halogens is 2. The third kappa shape index (κ3) is 4.79. The molecule has 0 aliphatic heterocycles. The first-order valence-electron chi connectivity index (χ1n) is 6.95. The molecule has 0 heterocycles.